The number of hydrogen-bond donors (Lipinski definition) is 0. The van der Waals surface area contributed by atoms with Crippen molar-refractivity contribution < 1.29 is 4.74 Å². The maximum atomic E-state index is 5.60. The summed E-state index contributed by atoms with van der Waals surface area (Å²) >= 11 is 0. The first-order valence-corrected chi connectivity index (χ1v) is 4.37. The van der Waals surface area contributed by atoms with Crippen LogP contribution in [0.4, 0.5) is 0 Å². The highest BCUT2D eigenvalue weighted by molar-refractivity contribution is 5.67. The van der Waals surface area contributed by atoms with E-state index in [9.17, 15) is 0 Å². The van der Waals surface area contributed by atoms with E-state index >= 15 is 0 Å². The second-order valence-electron chi connectivity index (χ2n) is 3.42. The molecule has 2 bridgehead atoms. The van der Waals surface area contributed by atoms with Crippen molar-refractivity contribution in [1.82, 2.24) is 0 Å². The molecule has 1 aromatic rings. The van der Waals surface area contributed by atoms with Gasteiger partial charge in [-0.15, -0.1) is 0 Å². The van der Waals surface area contributed by atoms with Gasteiger partial charge in [0.05, 0.1) is 0 Å². The summed E-state index contributed by atoms with van der Waals surface area (Å²) in [4.78, 5) is 0. The minimum atomic E-state index is 0.802. The van der Waals surface area contributed by atoms with Crippen LogP contribution in [0.3, 0.4) is 0 Å². The molecule has 0 aromatic heterocycles. The predicted molar refractivity (Wildman–Crippen MR) is 48.2 cm³/mol. The fraction of sp³-hybridized carbons (Fsp3) is 0.273. The molecule has 3 rings (SSSR count). The van der Waals surface area contributed by atoms with Crippen LogP contribution in [0.2, 0.25) is 0 Å². The molecule has 1 heterocycles. The van der Waals surface area contributed by atoms with Crippen molar-refractivity contribution in [3.8, 4) is 5.75 Å². The first-order valence-electron chi connectivity index (χ1n) is 4.37. The minimum Gasteiger partial charge on any atom is -0.489 e. The molecule has 0 atom stereocenters. The van der Waals surface area contributed by atoms with Gasteiger partial charge in [-0.1, -0.05) is 12.1 Å². The van der Waals surface area contributed by atoms with Crippen molar-refractivity contribution in [2.75, 3.05) is 6.61 Å². The van der Waals surface area contributed by atoms with Crippen molar-refractivity contribution in [1.29, 1.82) is 0 Å². The second-order valence-corrected chi connectivity index (χ2v) is 3.42. The van der Waals surface area contributed by atoms with Crippen molar-refractivity contribution in [3.05, 3.63) is 34.9 Å². The molecule has 2 aliphatic rings. The molecule has 60 valence electrons. The molecule has 1 aliphatic carbocycles. The van der Waals surface area contributed by atoms with E-state index in [2.05, 4.69) is 24.3 Å². The Morgan fingerprint density at radius 3 is 3.17 bits per heavy atom. The first kappa shape index (κ1) is 6.30. The van der Waals surface area contributed by atoms with Crippen LogP contribution in [-0.2, 0) is 6.42 Å². The summed E-state index contributed by atoms with van der Waals surface area (Å²) in [5, 5.41) is 0. The van der Waals surface area contributed by atoms with Gasteiger partial charge in [0.2, 0.25) is 0 Å². The smallest absolute Gasteiger partial charge is 0.127 e. The van der Waals surface area contributed by atoms with Gasteiger partial charge in [-0.25, -0.2) is 0 Å². The van der Waals surface area contributed by atoms with Crippen LogP contribution < -0.4 is 4.74 Å². The van der Waals surface area contributed by atoms with E-state index in [1.807, 2.05) is 0 Å². The lowest BCUT2D eigenvalue weighted by Crippen LogP contribution is -2.13. The van der Waals surface area contributed by atoms with E-state index in [0.717, 1.165) is 12.4 Å². The molecule has 1 heteroatoms. The van der Waals surface area contributed by atoms with Crippen LogP contribution in [0.25, 0.3) is 6.08 Å². The van der Waals surface area contributed by atoms with Gasteiger partial charge >= 0.3 is 0 Å². The first-order chi connectivity index (χ1) is 5.93. The van der Waals surface area contributed by atoms with Gasteiger partial charge in [0, 0.05) is 5.56 Å². The largest absolute Gasteiger partial charge is 0.489 e. The lowest BCUT2D eigenvalue weighted by molar-refractivity contribution is 0.338. The SMILES string of the molecule is C1=C2CCc3cccc(c31)OC2. The normalized spacial score (nSPS) is 18.2. The maximum Gasteiger partial charge on any atom is 0.127 e. The fourth-order valence-corrected chi connectivity index (χ4v) is 1.95. The summed E-state index contributed by atoms with van der Waals surface area (Å²) in [7, 11) is 0. The number of benzene rings is 1. The molecule has 0 saturated carbocycles. The Balaban J connectivity index is 2.32. The second kappa shape index (κ2) is 2.13. The van der Waals surface area contributed by atoms with E-state index in [0.29, 0.717) is 0 Å². The molecule has 1 aliphatic heterocycles. The van der Waals surface area contributed by atoms with E-state index in [1.54, 1.807) is 0 Å². The van der Waals surface area contributed by atoms with E-state index in [4.69, 9.17) is 4.74 Å². The van der Waals surface area contributed by atoms with Crippen molar-refractivity contribution >= 4 is 6.08 Å². The number of aryl methyl sites for hydroxylation is 1. The van der Waals surface area contributed by atoms with Gasteiger partial charge in [0.25, 0.3) is 0 Å². The molecule has 0 amide bonds. The Morgan fingerprint density at radius 2 is 2.17 bits per heavy atom. The average Bonchev–Trinajstić information content (AvgIpc) is 2.17. The van der Waals surface area contributed by atoms with Gasteiger partial charge in [-0.2, -0.15) is 0 Å². The minimum absolute atomic E-state index is 0.802. The molecule has 12 heavy (non-hydrogen) atoms. The summed E-state index contributed by atoms with van der Waals surface area (Å²) in [5.41, 5.74) is 4.21. The zero-order chi connectivity index (χ0) is 7.97. The topological polar surface area (TPSA) is 9.23 Å². The average molecular weight is 158 g/mol. The highest BCUT2D eigenvalue weighted by Gasteiger charge is 2.18. The Morgan fingerprint density at radius 1 is 1.17 bits per heavy atom. The van der Waals surface area contributed by atoms with Crippen LogP contribution in [0, 0.1) is 0 Å². The predicted octanol–water partition coefficient (Wildman–Crippen LogP) is 2.41. The van der Waals surface area contributed by atoms with Gasteiger partial charge in [-0.3, -0.25) is 0 Å². The molecule has 0 N–H and O–H groups in total. The van der Waals surface area contributed by atoms with Crippen LogP contribution in [0.5, 0.6) is 5.75 Å². The van der Waals surface area contributed by atoms with Crippen LogP contribution in [0.15, 0.2) is 23.8 Å². The third-order valence-corrected chi connectivity index (χ3v) is 2.63. The number of rotatable bonds is 0. The molecular formula is C11H10O. The number of ether oxygens (including phenoxy) is 1. The molecule has 0 radical (unpaired) electrons. The number of hydrogen-bond acceptors (Lipinski definition) is 1. The van der Waals surface area contributed by atoms with Gasteiger partial charge in [0.1, 0.15) is 12.4 Å². The van der Waals surface area contributed by atoms with Crippen molar-refractivity contribution in [3.63, 3.8) is 0 Å². The highest BCUT2D eigenvalue weighted by Crippen LogP contribution is 2.34. The molecular weight excluding hydrogens is 148 g/mol. The Kier molecular flexibility index (Phi) is 1.12. The zero-order valence-electron chi connectivity index (χ0n) is 6.84. The molecule has 0 fully saturated rings. The quantitative estimate of drug-likeness (QED) is 0.563. The summed E-state index contributed by atoms with van der Waals surface area (Å²) in [6, 6.07) is 6.33. The lowest BCUT2D eigenvalue weighted by Gasteiger charge is -2.24. The van der Waals surface area contributed by atoms with Crippen LogP contribution in [-0.4, -0.2) is 6.61 Å². The Bertz CT molecular complexity index is 335. The molecule has 0 saturated heterocycles. The molecule has 1 aromatic carbocycles. The summed E-state index contributed by atoms with van der Waals surface area (Å²) in [5.74, 6) is 1.07. The van der Waals surface area contributed by atoms with Crippen molar-refractivity contribution in [2.45, 2.75) is 12.8 Å². The van der Waals surface area contributed by atoms with Gasteiger partial charge in [-0.05, 0) is 36.1 Å². The maximum absolute atomic E-state index is 5.60. The zero-order valence-corrected chi connectivity index (χ0v) is 6.84. The van der Waals surface area contributed by atoms with Gasteiger partial charge in [0.15, 0.2) is 0 Å². The third kappa shape index (κ3) is 0.737. The third-order valence-electron chi connectivity index (χ3n) is 2.63. The van der Waals surface area contributed by atoms with Gasteiger partial charge < -0.3 is 4.74 Å². The summed E-state index contributed by atoms with van der Waals surface area (Å²) < 4.78 is 5.60. The standard InChI is InChI=1S/C11H10O/c1-2-9-5-4-8-6-10(9)11(3-1)12-7-8/h1-3,6H,4-5,7H2. The Hall–Kier alpha value is -1.24. The summed E-state index contributed by atoms with van der Waals surface area (Å²) in [6.45, 7) is 0.802. The van der Waals surface area contributed by atoms with E-state index in [1.165, 1.54) is 29.5 Å². The van der Waals surface area contributed by atoms with Crippen LogP contribution >= 0.6 is 0 Å². The van der Waals surface area contributed by atoms with Crippen LogP contribution in [0.1, 0.15) is 17.5 Å². The fourth-order valence-electron chi connectivity index (χ4n) is 1.95. The van der Waals surface area contributed by atoms with E-state index in [-0.39, 0.29) is 0 Å². The van der Waals surface area contributed by atoms with E-state index < -0.39 is 0 Å². The molecule has 0 unspecified atom stereocenters. The molecule has 1 nitrogen and oxygen atoms in total. The molecule has 0 spiro atoms. The summed E-state index contributed by atoms with van der Waals surface area (Å²) in [6.07, 6.45) is 4.66. The monoisotopic (exact) mass is 158 g/mol. The lowest BCUT2D eigenvalue weighted by atomic mass is 9.90. The van der Waals surface area contributed by atoms with Crippen molar-refractivity contribution in [2.24, 2.45) is 0 Å². The Labute approximate surface area is 71.7 Å². The highest BCUT2D eigenvalue weighted by atomic mass is 16.5.